The third-order valence-electron chi connectivity index (χ3n) is 5.53. The van der Waals surface area contributed by atoms with E-state index >= 15 is 0 Å². The summed E-state index contributed by atoms with van der Waals surface area (Å²) in [5.74, 6) is 2.03. The number of nitrogens with zero attached hydrogens (tertiary/aromatic N) is 1. The van der Waals surface area contributed by atoms with Crippen LogP contribution in [0.15, 0.2) is 18.2 Å². The van der Waals surface area contributed by atoms with E-state index < -0.39 is 0 Å². The van der Waals surface area contributed by atoms with Gasteiger partial charge in [0, 0.05) is 24.3 Å². The molecule has 2 fully saturated rings. The smallest absolute Gasteiger partial charge is 0.161 e. The van der Waals surface area contributed by atoms with Crippen LogP contribution in [0.4, 0.5) is 0 Å². The van der Waals surface area contributed by atoms with Gasteiger partial charge in [-0.2, -0.15) is 0 Å². The number of carbonyl (C=O) groups excluding carboxylic acids is 1. The molecule has 1 aliphatic heterocycles. The van der Waals surface area contributed by atoms with E-state index in [0.29, 0.717) is 31.3 Å². The van der Waals surface area contributed by atoms with Crippen LogP contribution in [0.25, 0.3) is 0 Å². The highest BCUT2D eigenvalue weighted by atomic mass is 16.5. The topological polar surface area (TPSA) is 38.8 Å². The summed E-state index contributed by atoms with van der Waals surface area (Å²) in [6, 6.07) is 6.69. The van der Waals surface area contributed by atoms with Crippen LogP contribution < -0.4 is 9.47 Å². The highest BCUT2D eigenvalue weighted by Gasteiger charge is 2.50. The van der Waals surface area contributed by atoms with E-state index in [1.807, 2.05) is 26.8 Å². The average molecular weight is 331 g/mol. The number of ketones is 1. The van der Waals surface area contributed by atoms with Gasteiger partial charge in [-0.05, 0) is 64.9 Å². The lowest BCUT2D eigenvalue weighted by molar-refractivity contribution is -0.122. The second-order valence-electron chi connectivity index (χ2n) is 7.41. The fraction of sp³-hybridized carbons (Fsp3) is 0.650. The predicted molar refractivity (Wildman–Crippen MR) is 94.9 cm³/mol. The summed E-state index contributed by atoms with van der Waals surface area (Å²) in [5.41, 5.74) is 1.37. The Bertz CT molecular complexity index is 613. The molecule has 0 radical (unpaired) electrons. The van der Waals surface area contributed by atoms with Crippen molar-refractivity contribution in [2.75, 3.05) is 20.2 Å². The fourth-order valence-corrected chi connectivity index (χ4v) is 4.36. The molecule has 0 spiro atoms. The highest BCUT2D eigenvalue weighted by Crippen LogP contribution is 2.49. The second kappa shape index (κ2) is 6.75. The highest BCUT2D eigenvalue weighted by molar-refractivity contribution is 5.81. The van der Waals surface area contributed by atoms with E-state index in [9.17, 15) is 4.79 Å². The zero-order valence-corrected chi connectivity index (χ0v) is 15.3. The summed E-state index contributed by atoms with van der Waals surface area (Å²) < 4.78 is 11.8. The molecule has 3 rings (SSSR count). The number of hydrogen-bond donors (Lipinski definition) is 0. The third kappa shape index (κ3) is 3.04. The number of fused-ring (bicyclic) bond motifs is 1. The van der Waals surface area contributed by atoms with Gasteiger partial charge in [0.1, 0.15) is 5.78 Å². The number of benzene rings is 1. The van der Waals surface area contributed by atoms with Gasteiger partial charge in [0.15, 0.2) is 11.5 Å². The molecular formula is C20H29NO3. The lowest BCUT2D eigenvalue weighted by Gasteiger charge is -2.41. The van der Waals surface area contributed by atoms with Crippen LogP contribution >= 0.6 is 0 Å². The molecule has 0 bridgehead atoms. The molecule has 1 saturated heterocycles. The van der Waals surface area contributed by atoms with Gasteiger partial charge in [-0.1, -0.05) is 6.07 Å². The molecule has 4 heteroatoms. The summed E-state index contributed by atoms with van der Waals surface area (Å²) in [5, 5.41) is 0. The quantitative estimate of drug-likeness (QED) is 0.827. The molecule has 0 N–H and O–H groups in total. The third-order valence-corrected chi connectivity index (χ3v) is 5.53. The van der Waals surface area contributed by atoms with Crippen molar-refractivity contribution in [2.45, 2.75) is 64.0 Å². The van der Waals surface area contributed by atoms with Gasteiger partial charge in [-0.15, -0.1) is 0 Å². The molecule has 1 aromatic carbocycles. The number of Topliss-reactive ketones (excluding diaryl/α,β-unsaturated/α-hetero) is 1. The Labute approximate surface area is 145 Å². The van der Waals surface area contributed by atoms with Gasteiger partial charge in [0.25, 0.3) is 0 Å². The van der Waals surface area contributed by atoms with E-state index in [1.165, 1.54) is 5.56 Å². The van der Waals surface area contributed by atoms with Crippen molar-refractivity contribution in [3.63, 3.8) is 0 Å². The maximum atomic E-state index is 12.0. The van der Waals surface area contributed by atoms with E-state index in [1.54, 1.807) is 0 Å². The Balaban J connectivity index is 1.98. The number of likely N-dealkylation sites (N-methyl/N-ethyl adjacent to an activating group) is 1. The van der Waals surface area contributed by atoms with Gasteiger partial charge in [0.05, 0.1) is 12.7 Å². The van der Waals surface area contributed by atoms with Crippen molar-refractivity contribution < 1.29 is 14.3 Å². The molecule has 0 aromatic heterocycles. The Morgan fingerprint density at radius 1 is 1.29 bits per heavy atom. The SMILES string of the molecule is CCOc1cc([C@@]23CCC(=O)C[C@@H]2N(C)CC3)ccc1OC(C)C. The molecule has 2 aliphatic rings. The first-order chi connectivity index (χ1) is 11.5. The van der Waals surface area contributed by atoms with Crippen molar-refractivity contribution in [2.24, 2.45) is 0 Å². The summed E-state index contributed by atoms with van der Waals surface area (Å²) >= 11 is 0. The van der Waals surface area contributed by atoms with Crippen LogP contribution in [-0.4, -0.2) is 43.0 Å². The minimum absolute atomic E-state index is 0.0743. The first-order valence-corrected chi connectivity index (χ1v) is 9.12. The Hall–Kier alpha value is -1.55. The molecule has 0 unspecified atom stereocenters. The van der Waals surface area contributed by atoms with E-state index in [4.69, 9.17) is 9.47 Å². The Morgan fingerprint density at radius 2 is 2.08 bits per heavy atom. The minimum Gasteiger partial charge on any atom is -0.490 e. The van der Waals surface area contributed by atoms with Crippen molar-refractivity contribution >= 4 is 5.78 Å². The molecule has 4 nitrogen and oxygen atoms in total. The summed E-state index contributed by atoms with van der Waals surface area (Å²) in [6.07, 6.45) is 3.53. The van der Waals surface area contributed by atoms with Gasteiger partial charge < -0.3 is 14.4 Å². The number of rotatable bonds is 5. The number of carbonyl (C=O) groups is 1. The second-order valence-corrected chi connectivity index (χ2v) is 7.41. The zero-order chi connectivity index (χ0) is 17.3. The Kier molecular flexibility index (Phi) is 4.86. The van der Waals surface area contributed by atoms with E-state index in [0.717, 1.165) is 30.9 Å². The molecule has 24 heavy (non-hydrogen) atoms. The summed E-state index contributed by atoms with van der Waals surface area (Å²) in [6.45, 7) is 7.71. The number of ether oxygens (including phenoxy) is 2. The van der Waals surface area contributed by atoms with Crippen molar-refractivity contribution in [1.82, 2.24) is 4.90 Å². The van der Waals surface area contributed by atoms with E-state index in [2.05, 4.69) is 24.1 Å². The largest absolute Gasteiger partial charge is 0.490 e. The lowest BCUT2D eigenvalue weighted by Crippen LogP contribution is -2.46. The van der Waals surface area contributed by atoms with Gasteiger partial charge in [-0.3, -0.25) is 4.79 Å². The summed E-state index contributed by atoms with van der Waals surface area (Å²) in [4.78, 5) is 14.4. The van der Waals surface area contributed by atoms with Crippen LogP contribution in [0.3, 0.4) is 0 Å². The molecule has 132 valence electrons. The number of hydrogen-bond acceptors (Lipinski definition) is 4. The van der Waals surface area contributed by atoms with Crippen LogP contribution in [0.2, 0.25) is 0 Å². The van der Waals surface area contributed by atoms with Gasteiger partial charge in [0.2, 0.25) is 0 Å². The molecule has 0 amide bonds. The number of likely N-dealkylation sites (tertiary alicyclic amines) is 1. The monoisotopic (exact) mass is 331 g/mol. The van der Waals surface area contributed by atoms with Crippen molar-refractivity contribution in [3.05, 3.63) is 23.8 Å². The maximum absolute atomic E-state index is 12.0. The van der Waals surface area contributed by atoms with E-state index in [-0.39, 0.29) is 11.5 Å². The molecule has 1 aromatic rings. The van der Waals surface area contributed by atoms with Crippen molar-refractivity contribution in [1.29, 1.82) is 0 Å². The molecule has 1 heterocycles. The first-order valence-electron chi connectivity index (χ1n) is 9.12. The summed E-state index contributed by atoms with van der Waals surface area (Å²) in [7, 11) is 2.14. The minimum atomic E-state index is 0.0743. The van der Waals surface area contributed by atoms with Crippen LogP contribution in [0, 0.1) is 0 Å². The molecule has 1 saturated carbocycles. The Morgan fingerprint density at radius 3 is 2.79 bits per heavy atom. The van der Waals surface area contributed by atoms with Crippen molar-refractivity contribution in [3.8, 4) is 11.5 Å². The first kappa shape index (κ1) is 17.3. The zero-order valence-electron chi connectivity index (χ0n) is 15.3. The van der Waals surface area contributed by atoms with Gasteiger partial charge in [-0.25, -0.2) is 0 Å². The standard InChI is InChI=1S/C20H29NO3/c1-5-23-18-12-15(6-7-17(18)24-14(2)3)20-9-8-16(22)13-19(20)21(4)11-10-20/h6-7,12,14,19H,5,8-11,13H2,1-4H3/t19-,20-/m0/s1. The molecule has 1 aliphatic carbocycles. The lowest BCUT2D eigenvalue weighted by atomic mass is 9.66. The molecule has 2 atom stereocenters. The van der Waals surface area contributed by atoms with Gasteiger partial charge >= 0.3 is 0 Å². The predicted octanol–water partition coefficient (Wildman–Crippen LogP) is 3.57. The fourth-order valence-electron chi connectivity index (χ4n) is 4.36. The molecular weight excluding hydrogens is 302 g/mol. The van der Waals surface area contributed by atoms with Crippen LogP contribution in [0.5, 0.6) is 11.5 Å². The van der Waals surface area contributed by atoms with Crippen LogP contribution in [0.1, 0.15) is 52.0 Å². The van der Waals surface area contributed by atoms with Crippen LogP contribution in [-0.2, 0) is 10.2 Å². The normalized spacial score (nSPS) is 27.4. The average Bonchev–Trinajstić information content (AvgIpc) is 2.87. The maximum Gasteiger partial charge on any atom is 0.161 e.